The molecule has 158 valence electrons. The molecule has 0 saturated heterocycles. The first-order valence-electron chi connectivity index (χ1n) is 5.69. The third-order valence-corrected chi connectivity index (χ3v) is 2.43. The summed E-state index contributed by atoms with van der Waals surface area (Å²) in [6, 6.07) is 0. The van der Waals surface area contributed by atoms with Gasteiger partial charge in [-0.1, -0.05) is 0 Å². The third kappa shape index (κ3) is 4.41. The zero-order valence-corrected chi connectivity index (χ0v) is 11.7. The Morgan fingerprint density at radius 1 is 0.654 bits per heavy atom. The monoisotopic (exact) mass is 428 g/mol. The van der Waals surface area contributed by atoms with Crippen LogP contribution < -0.4 is 0 Å². The van der Waals surface area contributed by atoms with E-state index in [2.05, 4.69) is 4.74 Å². The summed E-state index contributed by atoms with van der Waals surface area (Å²) in [5, 5.41) is 8.10. The summed E-state index contributed by atoms with van der Waals surface area (Å²) in [6.07, 6.45) is -35.2. The number of alkyl halides is 14. The van der Waals surface area contributed by atoms with Crippen LogP contribution in [-0.2, 0) is 9.47 Å². The standard InChI is InChI=1S/C9H6F14O3/c1-2(3(10)24)25-7(18,19)5(13,14)9(22,23)26-8(20,21)4(11,12)6(15,16)17/h2-3,24H,1H3. The second-order valence-electron chi connectivity index (χ2n) is 4.49. The lowest BCUT2D eigenvalue weighted by Gasteiger charge is -2.36. The molecule has 2 unspecified atom stereocenters. The Morgan fingerprint density at radius 3 is 1.31 bits per heavy atom. The zero-order valence-electron chi connectivity index (χ0n) is 11.7. The summed E-state index contributed by atoms with van der Waals surface area (Å²) in [6.45, 7) is 0.0695. The lowest BCUT2D eigenvalue weighted by Crippen LogP contribution is -2.63. The Labute approximate surface area is 133 Å². The molecule has 0 amide bonds. The summed E-state index contributed by atoms with van der Waals surface area (Å²) >= 11 is 0. The van der Waals surface area contributed by atoms with Crippen molar-refractivity contribution in [3.8, 4) is 0 Å². The van der Waals surface area contributed by atoms with Crippen molar-refractivity contribution in [2.24, 2.45) is 0 Å². The third-order valence-electron chi connectivity index (χ3n) is 2.43. The van der Waals surface area contributed by atoms with E-state index in [0.29, 0.717) is 0 Å². The summed E-state index contributed by atoms with van der Waals surface area (Å²) in [7, 11) is 0. The molecule has 17 heteroatoms. The van der Waals surface area contributed by atoms with Gasteiger partial charge in [-0.25, -0.2) is 9.13 Å². The maximum Gasteiger partial charge on any atom is 0.462 e. The summed E-state index contributed by atoms with van der Waals surface area (Å²) < 4.78 is 179. The molecule has 2 atom stereocenters. The second-order valence-corrected chi connectivity index (χ2v) is 4.49. The number of hydrogen-bond donors (Lipinski definition) is 1. The van der Waals surface area contributed by atoms with E-state index in [1.54, 1.807) is 0 Å². The molecule has 0 aliphatic heterocycles. The molecule has 0 rings (SSSR count). The first-order chi connectivity index (χ1) is 11.0. The minimum Gasteiger partial charge on any atom is -0.362 e. The molecule has 3 nitrogen and oxygen atoms in total. The fourth-order valence-electron chi connectivity index (χ4n) is 0.987. The number of hydrogen-bond acceptors (Lipinski definition) is 3. The molecule has 0 heterocycles. The number of rotatable bonds is 8. The smallest absolute Gasteiger partial charge is 0.362 e. The number of ether oxygens (including phenoxy) is 2. The van der Waals surface area contributed by atoms with Crippen LogP contribution in [0.3, 0.4) is 0 Å². The number of aliphatic hydroxyl groups excluding tert-OH is 1. The van der Waals surface area contributed by atoms with Crippen LogP contribution in [-0.4, -0.2) is 53.9 Å². The molecule has 0 saturated carbocycles. The SMILES string of the molecule is CC(OC(F)(F)C(F)(F)C(F)(F)OC(F)(F)C(F)(F)C(F)(F)F)C(O)F. The number of halogens is 14. The minimum absolute atomic E-state index is 0.0695. The van der Waals surface area contributed by atoms with Crippen LogP contribution >= 0.6 is 0 Å². The van der Waals surface area contributed by atoms with Crippen LogP contribution in [0.4, 0.5) is 61.5 Å². The second kappa shape index (κ2) is 6.81. The minimum atomic E-state index is -7.49. The molecule has 1 N–H and O–H groups in total. The van der Waals surface area contributed by atoms with E-state index in [1.807, 2.05) is 0 Å². The van der Waals surface area contributed by atoms with Crippen molar-refractivity contribution in [3.05, 3.63) is 0 Å². The molecule has 0 aliphatic carbocycles. The topological polar surface area (TPSA) is 38.7 Å². The lowest BCUT2D eigenvalue weighted by molar-refractivity contribution is -0.525. The molecule has 0 aromatic carbocycles. The predicted octanol–water partition coefficient (Wildman–Crippen LogP) is 4.31. The molecular formula is C9H6F14O3. The van der Waals surface area contributed by atoms with E-state index < -0.39 is 48.8 Å². The first-order valence-corrected chi connectivity index (χ1v) is 5.69. The highest BCUT2D eigenvalue weighted by Crippen LogP contribution is 2.54. The van der Waals surface area contributed by atoms with Gasteiger partial charge in [-0.2, -0.15) is 57.1 Å². The summed E-state index contributed by atoms with van der Waals surface area (Å²) in [5.74, 6) is -14.8. The average Bonchev–Trinajstić information content (AvgIpc) is 2.34. The van der Waals surface area contributed by atoms with Gasteiger partial charge in [0.15, 0.2) is 0 Å². The molecule has 0 aromatic heterocycles. The average molecular weight is 428 g/mol. The molecule has 26 heavy (non-hydrogen) atoms. The van der Waals surface area contributed by atoms with Gasteiger partial charge in [0.2, 0.25) is 6.36 Å². The lowest BCUT2D eigenvalue weighted by atomic mass is 10.2. The van der Waals surface area contributed by atoms with Gasteiger partial charge in [0.05, 0.1) is 0 Å². The van der Waals surface area contributed by atoms with Crippen molar-refractivity contribution in [2.75, 3.05) is 0 Å². The Bertz CT molecular complexity index is 485. The first kappa shape index (κ1) is 24.9. The van der Waals surface area contributed by atoms with Gasteiger partial charge >= 0.3 is 36.3 Å². The van der Waals surface area contributed by atoms with Gasteiger partial charge in [-0.05, 0) is 6.92 Å². The van der Waals surface area contributed by atoms with Gasteiger partial charge in [0.25, 0.3) is 0 Å². The molecule has 0 aliphatic rings. The van der Waals surface area contributed by atoms with Crippen LogP contribution in [0.15, 0.2) is 0 Å². The zero-order chi connectivity index (χ0) is 21.6. The van der Waals surface area contributed by atoms with E-state index in [4.69, 9.17) is 5.11 Å². The fourth-order valence-corrected chi connectivity index (χ4v) is 0.987. The van der Waals surface area contributed by atoms with Crippen molar-refractivity contribution in [1.29, 1.82) is 0 Å². The van der Waals surface area contributed by atoms with Crippen LogP contribution in [0.5, 0.6) is 0 Å². The molecule has 0 spiro atoms. The van der Waals surface area contributed by atoms with E-state index in [-0.39, 0.29) is 6.92 Å². The van der Waals surface area contributed by atoms with Crippen molar-refractivity contribution in [1.82, 2.24) is 0 Å². The van der Waals surface area contributed by atoms with Crippen molar-refractivity contribution >= 4 is 0 Å². The quantitative estimate of drug-likeness (QED) is 0.586. The summed E-state index contributed by atoms with van der Waals surface area (Å²) in [5.41, 5.74) is 0. The van der Waals surface area contributed by atoms with E-state index in [0.717, 1.165) is 0 Å². The van der Waals surface area contributed by atoms with E-state index >= 15 is 0 Å². The van der Waals surface area contributed by atoms with Gasteiger partial charge in [-0.3, -0.25) is 0 Å². The Morgan fingerprint density at radius 2 is 1.00 bits per heavy atom. The van der Waals surface area contributed by atoms with Crippen LogP contribution in [0, 0.1) is 0 Å². The van der Waals surface area contributed by atoms with Crippen molar-refractivity contribution < 1.29 is 76.0 Å². The molecule has 0 radical (unpaired) electrons. The van der Waals surface area contributed by atoms with E-state index in [9.17, 15) is 61.5 Å². The maximum absolute atomic E-state index is 13.0. The van der Waals surface area contributed by atoms with Crippen molar-refractivity contribution in [2.45, 2.75) is 55.7 Å². The largest absolute Gasteiger partial charge is 0.462 e. The summed E-state index contributed by atoms with van der Waals surface area (Å²) in [4.78, 5) is 0. The maximum atomic E-state index is 13.0. The highest BCUT2D eigenvalue weighted by atomic mass is 19.4. The van der Waals surface area contributed by atoms with Gasteiger partial charge < -0.3 is 9.84 Å². The normalized spacial score (nSPS) is 18.0. The Balaban J connectivity index is 5.79. The molecule has 0 aromatic rings. The van der Waals surface area contributed by atoms with Gasteiger partial charge in [0, 0.05) is 0 Å². The van der Waals surface area contributed by atoms with Crippen LogP contribution in [0.25, 0.3) is 0 Å². The molecule has 0 bridgehead atoms. The Kier molecular flexibility index (Phi) is 6.52. The highest BCUT2D eigenvalue weighted by Gasteiger charge is 2.82. The van der Waals surface area contributed by atoms with Crippen LogP contribution in [0.2, 0.25) is 0 Å². The fraction of sp³-hybridized carbons (Fsp3) is 1.00. The molecular weight excluding hydrogens is 422 g/mol. The predicted molar refractivity (Wildman–Crippen MR) is 49.5 cm³/mol. The van der Waals surface area contributed by atoms with Gasteiger partial charge in [0.1, 0.15) is 6.10 Å². The van der Waals surface area contributed by atoms with Crippen molar-refractivity contribution in [3.63, 3.8) is 0 Å². The van der Waals surface area contributed by atoms with E-state index in [1.165, 1.54) is 4.74 Å². The molecule has 0 fully saturated rings. The number of aliphatic hydroxyl groups is 1. The van der Waals surface area contributed by atoms with Gasteiger partial charge in [-0.15, -0.1) is 0 Å². The van der Waals surface area contributed by atoms with Crippen LogP contribution in [0.1, 0.15) is 6.92 Å². The highest BCUT2D eigenvalue weighted by molar-refractivity contribution is 4.91. The Hall–Kier alpha value is -1.10.